The minimum atomic E-state index is -0.0810. The van der Waals surface area contributed by atoms with E-state index in [0.29, 0.717) is 5.82 Å². The van der Waals surface area contributed by atoms with Gasteiger partial charge >= 0.3 is 0 Å². The number of nitrogens with zero attached hydrogens (tertiary/aromatic N) is 3. The summed E-state index contributed by atoms with van der Waals surface area (Å²) >= 11 is 5.01. The van der Waals surface area contributed by atoms with E-state index in [2.05, 4.69) is 38.3 Å². The smallest absolute Gasteiger partial charge is 0.191 e. The van der Waals surface area contributed by atoms with Gasteiger partial charge in [-0.05, 0) is 17.7 Å². The Bertz CT molecular complexity index is 498. The van der Waals surface area contributed by atoms with Gasteiger partial charge in [-0.2, -0.15) is 0 Å². The lowest BCUT2D eigenvalue weighted by Gasteiger charge is -2.02. The maximum absolute atomic E-state index is 9.01. The zero-order valence-corrected chi connectivity index (χ0v) is 11.7. The third kappa shape index (κ3) is 3.08. The Labute approximate surface area is 112 Å². The molecule has 0 aliphatic rings. The van der Waals surface area contributed by atoms with Crippen molar-refractivity contribution in [3.8, 4) is 0 Å². The first kappa shape index (κ1) is 12.6. The van der Waals surface area contributed by atoms with Crippen molar-refractivity contribution in [1.82, 2.24) is 14.8 Å². The van der Waals surface area contributed by atoms with Gasteiger partial charge in [0.2, 0.25) is 0 Å². The van der Waals surface area contributed by atoms with Gasteiger partial charge in [-0.15, -0.1) is 10.2 Å². The third-order valence-corrected chi connectivity index (χ3v) is 3.97. The Balaban J connectivity index is 2.02. The molecule has 90 valence electrons. The minimum absolute atomic E-state index is 0.0810. The van der Waals surface area contributed by atoms with E-state index in [9.17, 15) is 0 Å². The summed E-state index contributed by atoms with van der Waals surface area (Å²) in [6, 6.07) is 8.18. The standard InChI is InChI=1S/C11H12BrN3OS/c1-15-10(6-16)13-14-11(15)17-7-8-2-4-9(12)5-3-8/h2-5,16H,6-7H2,1H3. The normalized spacial score (nSPS) is 10.8. The first-order chi connectivity index (χ1) is 8.20. The number of benzene rings is 1. The van der Waals surface area contributed by atoms with Crippen LogP contribution in [0.1, 0.15) is 11.4 Å². The van der Waals surface area contributed by atoms with Crippen molar-refractivity contribution in [3.05, 3.63) is 40.1 Å². The maximum Gasteiger partial charge on any atom is 0.191 e. The van der Waals surface area contributed by atoms with E-state index in [0.717, 1.165) is 15.4 Å². The molecule has 0 radical (unpaired) electrons. The van der Waals surface area contributed by atoms with E-state index < -0.39 is 0 Å². The lowest BCUT2D eigenvalue weighted by molar-refractivity contribution is 0.266. The van der Waals surface area contributed by atoms with Crippen LogP contribution in [0.4, 0.5) is 0 Å². The van der Waals surface area contributed by atoms with Crippen LogP contribution in [0, 0.1) is 0 Å². The van der Waals surface area contributed by atoms with Crippen molar-refractivity contribution in [2.45, 2.75) is 17.5 Å². The molecule has 1 aromatic carbocycles. The van der Waals surface area contributed by atoms with Crippen molar-refractivity contribution in [3.63, 3.8) is 0 Å². The third-order valence-electron chi connectivity index (χ3n) is 2.35. The number of hydrogen-bond acceptors (Lipinski definition) is 4. The van der Waals surface area contributed by atoms with Gasteiger partial charge in [-0.1, -0.05) is 39.8 Å². The Morgan fingerprint density at radius 1 is 1.29 bits per heavy atom. The highest BCUT2D eigenvalue weighted by atomic mass is 79.9. The fourth-order valence-corrected chi connectivity index (χ4v) is 2.49. The van der Waals surface area contributed by atoms with E-state index >= 15 is 0 Å². The quantitative estimate of drug-likeness (QED) is 0.880. The molecule has 0 saturated heterocycles. The minimum Gasteiger partial charge on any atom is -0.388 e. The van der Waals surface area contributed by atoms with Crippen LogP contribution < -0.4 is 0 Å². The summed E-state index contributed by atoms with van der Waals surface area (Å²) in [5, 5.41) is 17.7. The van der Waals surface area contributed by atoms with Crippen LogP contribution in [-0.4, -0.2) is 19.9 Å². The second kappa shape index (κ2) is 5.66. The second-order valence-corrected chi connectivity index (χ2v) is 5.39. The number of rotatable bonds is 4. The van der Waals surface area contributed by atoms with Crippen LogP contribution in [0.2, 0.25) is 0 Å². The predicted octanol–water partition coefficient (Wildman–Crippen LogP) is 2.36. The molecule has 0 atom stereocenters. The molecular weight excluding hydrogens is 302 g/mol. The molecule has 2 aromatic rings. The second-order valence-electron chi connectivity index (χ2n) is 3.53. The van der Waals surface area contributed by atoms with Gasteiger partial charge in [0.15, 0.2) is 11.0 Å². The van der Waals surface area contributed by atoms with Crippen LogP contribution in [0.5, 0.6) is 0 Å². The molecule has 0 amide bonds. The van der Waals surface area contributed by atoms with Crippen molar-refractivity contribution in [1.29, 1.82) is 0 Å². The molecule has 6 heteroatoms. The van der Waals surface area contributed by atoms with Crippen LogP contribution >= 0.6 is 27.7 Å². The molecule has 1 N–H and O–H groups in total. The van der Waals surface area contributed by atoms with Crippen LogP contribution in [0.25, 0.3) is 0 Å². The zero-order chi connectivity index (χ0) is 12.3. The van der Waals surface area contributed by atoms with E-state index in [1.165, 1.54) is 5.56 Å². The van der Waals surface area contributed by atoms with Gasteiger partial charge in [0.1, 0.15) is 6.61 Å². The molecule has 1 aromatic heterocycles. The lowest BCUT2D eigenvalue weighted by atomic mass is 10.2. The van der Waals surface area contributed by atoms with Crippen molar-refractivity contribution in [2.75, 3.05) is 0 Å². The number of aromatic nitrogens is 3. The van der Waals surface area contributed by atoms with E-state index in [1.54, 1.807) is 11.8 Å². The lowest BCUT2D eigenvalue weighted by Crippen LogP contribution is -1.98. The molecule has 0 aliphatic heterocycles. The van der Waals surface area contributed by atoms with Gasteiger partial charge in [0, 0.05) is 17.3 Å². The highest BCUT2D eigenvalue weighted by Gasteiger charge is 2.07. The zero-order valence-electron chi connectivity index (χ0n) is 9.30. The summed E-state index contributed by atoms with van der Waals surface area (Å²) in [6.45, 7) is -0.0810. The Kier molecular flexibility index (Phi) is 4.20. The Hall–Kier alpha value is -0.850. The summed E-state index contributed by atoms with van der Waals surface area (Å²) in [6.07, 6.45) is 0. The molecule has 4 nitrogen and oxygen atoms in total. The van der Waals surface area contributed by atoms with Crippen LogP contribution in [0.3, 0.4) is 0 Å². The monoisotopic (exact) mass is 313 g/mol. The fourth-order valence-electron chi connectivity index (χ4n) is 1.34. The number of hydrogen-bond donors (Lipinski definition) is 1. The summed E-state index contributed by atoms with van der Waals surface area (Å²) in [4.78, 5) is 0. The molecule has 1 heterocycles. The van der Waals surface area contributed by atoms with Crippen LogP contribution in [0.15, 0.2) is 33.9 Å². The van der Waals surface area contributed by atoms with Crippen molar-refractivity contribution in [2.24, 2.45) is 7.05 Å². The fraction of sp³-hybridized carbons (Fsp3) is 0.273. The molecule has 0 spiro atoms. The number of halogens is 1. The summed E-state index contributed by atoms with van der Waals surface area (Å²) in [5.41, 5.74) is 1.23. The molecule has 0 bridgehead atoms. The number of aliphatic hydroxyl groups excluding tert-OH is 1. The van der Waals surface area contributed by atoms with Gasteiger partial charge in [0.05, 0.1) is 0 Å². The van der Waals surface area contributed by atoms with E-state index in [1.807, 2.05) is 23.7 Å². The van der Waals surface area contributed by atoms with Gasteiger partial charge in [-0.3, -0.25) is 0 Å². The molecule has 0 aliphatic carbocycles. The maximum atomic E-state index is 9.01. The first-order valence-electron chi connectivity index (χ1n) is 5.07. The average Bonchev–Trinajstić information content (AvgIpc) is 2.69. The molecular formula is C11H12BrN3OS. The van der Waals surface area contributed by atoms with Gasteiger partial charge in [0.25, 0.3) is 0 Å². The highest BCUT2D eigenvalue weighted by molar-refractivity contribution is 9.10. The summed E-state index contributed by atoms with van der Waals surface area (Å²) < 4.78 is 2.89. The van der Waals surface area contributed by atoms with Gasteiger partial charge < -0.3 is 9.67 Å². The SMILES string of the molecule is Cn1c(CO)nnc1SCc1ccc(Br)cc1. The molecule has 17 heavy (non-hydrogen) atoms. The van der Waals surface area contributed by atoms with Crippen LogP contribution in [-0.2, 0) is 19.4 Å². The molecule has 0 saturated carbocycles. The Morgan fingerprint density at radius 2 is 2.00 bits per heavy atom. The predicted molar refractivity (Wildman–Crippen MR) is 70.6 cm³/mol. The topological polar surface area (TPSA) is 50.9 Å². The number of thioether (sulfide) groups is 1. The molecule has 0 unspecified atom stereocenters. The Morgan fingerprint density at radius 3 is 2.59 bits per heavy atom. The first-order valence-corrected chi connectivity index (χ1v) is 6.85. The van der Waals surface area contributed by atoms with Crippen molar-refractivity contribution >= 4 is 27.7 Å². The van der Waals surface area contributed by atoms with E-state index in [4.69, 9.17) is 5.11 Å². The average molecular weight is 314 g/mol. The van der Waals surface area contributed by atoms with Gasteiger partial charge in [-0.25, -0.2) is 0 Å². The highest BCUT2D eigenvalue weighted by Crippen LogP contribution is 2.22. The van der Waals surface area contributed by atoms with Crippen molar-refractivity contribution < 1.29 is 5.11 Å². The summed E-state index contributed by atoms with van der Waals surface area (Å²) in [5.74, 6) is 1.42. The number of aliphatic hydroxyl groups is 1. The molecule has 2 rings (SSSR count). The molecule has 0 fully saturated rings. The largest absolute Gasteiger partial charge is 0.388 e. The van der Waals surface area contributed by atoms with E-state index in [-0.39, 0.29) is 6.61 Å². The summed E-state index contributed by atoms with van der Waals surface area (Å²) in [7, 11) is 1.86.